The van der Waals surface area contributed by atoms with E-state index in [0.29, 0.717) is 21.6 Å². The monoisotopic (exact) mass is 385 g/mol. The van der Waals surface area contributed by atoms with Crippen LogP contribution >= 0.6 is 23.2 Å². The molecule has 1 heterocycles. The second kappa shape index (κ2) is 8.21. The Morgan fingerprint density at radius 2 is 1.73 bits per heavy atom. The molecule has 0 aliphatic rings. The Bertz CT molecular complexity index is 909. The number of amides is 1. The molecule has 6 heteroatoms. The minimum Gasteiger partial charge on any atom is -0.340 e. The highest BCUT2D eigenvalue weighted by atomic mass is 35.5. The van der Waals surface area contributed by atoms with E-state index >= 15 is 0 Å². The van der Waals surface area contributed by atoms with Crippen LogP contribution in [-0.2, 0) is 11.2 Å². The molecule has 1 amide bonds. The van der Waals surface area contributed by atoms with E-state index in [1.54, 1.807) is 24.4 Å². The van der Waals surface area contributed by atoms with Gasteiger partial charge in [0, 0.05) is 15.7 Å². The summed E-state index contributed by atoms with van der Waals surface area (Å²) >= 11 is 11.8. The number of aromatic nitrogens is 1. The summed E-state index contributed by atoms with van der Waals surface area (Å²) in [5, 5.41) is 7.41. The summed E-state index contributed by atoms with van der Waals surface area (Å²) in [5.74, 6) is 0.578. The van der Waals surface area contributed by atoms with Crippen LogP contribution in [-0.4, -0.2) is 10.9 Å². The number of carbonyl (C=O) groups is 1. The van der Waals surface area contributed by atoms with Gasteiger partial charge in [0.2, 0.25) is 5.91 Å². The van der Waals surface area contributed by atoms with Gasteiger partial charge in [-0.3, -0.25) is 4.79 Å². The van der Waals surface area contributed by atoms with Crippen molar-refractivity contribution in [3.05, 3.63) is 82.0 Å². The van der Waals surface area contributed by atoms with Gasteiger partial charge in [0.15, 0.2) is 0 Å². The SMILES string of the molecule is Cc1cc(Cl)ccc1Nc1ccc(NC(=O)Cc2ccc(Cl)cc2)cn1. The van der Waals surface area contributed by atoms with Gasteiger partial charge in [0.25, 0.3) is 0 Å². The quantitative estimate of drug-likeness (QED) is 0.598. The van der Waals surface area contributed by atoms with Crippen LogP contribution in [0.5, 0.6) is 0 Å². The van der Waals surface area contributed by atoms with E-state index < -0.39 is 0 Å². The van der Waals surface area contributed by atoms with Crippen molar-refractivity contribution in [2.45, 2.75) is 13.3 Å². The number of hydrogen-bond acceptors (Lipinski definition) is 3. The van der Waals surface area contributed by atoms with Gasteiger partial charge >= 0.3 is 0 Å². The molecule has 0 saturated carbocycles. The first-order chi connectivity index (χ1) is 12.5. The summed E-state index contributed by atoms with van der Waals surface area (Å²) in [6, 6.07) is 16.4. The number of benzene rings is 2. The van der Waals surface area contributed by atoms with E-state index in [-0.39, 0.29) is 12.3 Å². The minimum absolute atomic E-state index is 0.108. The number of anilines is 3. The van der Waals surface area contributed by atoms with Crippen LogP contribution in [0.4, 0.5) is 17.2 Å². The van der Waals surface area contributed by atoms with E-state index in [9.17, 15) is 4.79 Å². The normalized spacial score (nSPS) is 10.4. The molecule has 0 spiro atoms. The third-order valence-electron chi connectivity index (χ3n) is 3.78. The van der Waals surface area contributed by atoms with Gasteiger partial charge in [-0.2, -0.15) is 0 Å². The lowest BCUT2D eigenvalue weighted by molar-refractivity contribution is -0.115. The number of nitrogens with one attached hydrogen (secondary N) is 2. The number of rotatable bonds is 5. The second-order valence-electron chi connectivity index (χ2n) is 5.87. The average molecular weight is 386 g/mol. The molecule has 0 bridgehead atoms. The Morgan fingerprint density at radius 3 is 2.38 bits per heavy atom. The number of nitrogens with zero attached hydrogens (tertiary/aromatic N) is 1. The zero-order valence-corrected chi connectivity index (χ0v) is 15.6. The van der Waals surface area contributed by atoms with Crippen molar-refractivity contribution in [3.63, 3.8) is 0 Å². The summed E-state index contributed by atoms with van der Waals surface area (Å²) < 4.78 is 0. The Balaban J connectivity index is 1.60. The summed E-state index contributed by atoms with van der Waals surface area (Å²) in [5.41, 5.74) is 3.50. The molecular weight excluding hydrogens is 369 g/mol. The molecule has 0 aliphatic carbocycles. The van der Waals surface area contributed by atoms with E-state index in [2.05, 4.69) is 15.6 Å². The van der Waals surface area contributed by atoms with Crippen molar-refractivity contribution in [3.8, 4) is 0 Å². The molecule has 0 radical (unpaired) electrons. The largest absolute Gasteiger partial charge is 0.340 e. The highest BCUT2D eigenvalue weighted by Crippen LogP contribution is 2.23. The van der Waals surface area contributed by atoms with Crippen molar-refractivity contribution in [2.75, 3.05) is 10.6 Å². The fourth-order valence-corrected chi connectivity index (χ4v) is 2.79. The Kier molecular flexibility index (Phi) is 5.76. The van der Waals surface area contributed by atoms with Crippen molar-refractivity contribution in [1.29, 1.82) is 0 Å². The molecule has 132 valence electrons. The average Bonchev–Trinajstić information content (AvgIpc) is 2.61. The maximum Gasteiger partial charge on any atom is 0.228 e. The predicted molar refractivity (Wildman–Crippen MR) is 107 cm³/mol. The minimum atomic E-state index is -0.108. The van der Waals surface area contributed by atoms with Crippen LogP contribution in [0.2, 0.25) is 10.0 Å². The number of pyridine rings is 1. The summed E-state index contributed by atoms with van der Waals surface area (Å²) in [4.78, 5) is 16.5. The predicted octanol–water partition coefficient (Wildman–Crippen LogP) is 5.62. The zero-order chi connectivity index (χ0) is 18.5. The van der Waals surface area contributed by atoms with Crippen LogP contribution in [0.1, 0.15) is 11.1 Å². The van der Waals surface area contributed by atoms with Gasteiger partial charge in [-0.1, -0.05) is 35.3 Å². The molecule has 2 aromatic carbocycles. The molecule has 2 N–H and O–H groups in total. The molecule has 3 aromatic rings. The highest BCUT2D eigenvalue weighted by Gasteiger charge is 2.06. The number of carbonyl (C=O) groups excluding carboxylic acids is 1. The van der Waals surface area contributed by atoms with E-state index in [1.165, 1.54) is 0 Å². The summed E-state index contributed by atoms with van der Waals surface area (Å²) in [7, 11) is 0. The lowest BCUT2D eigenvalue weighted by Crippen LogP contribution is -2.14. The molecule has 3 rings (SSSR count). The third kappa shape index (κ3) is 4.97. The van der Waals surface area contributed by atoms with Crippen LogP contribution in [0.25, 0.3) is 0 Å². The lowest BCUT2D eigenvalue weighted by atomic mass is 10.1. The van der Waals surface area contributed by atoms with E-state index in [1.807, 2.05) is 43.3 Å². The Hall–Kier alpha value is -2.56. The van der Waals surface area contributed by atoms with Gasteiger partial charge in [0.05, 0.1) is 18.3 Å². The topological polar surface area (TPSA) is 54.0 Å². The second-order valence-corrected chi connectivity index (χ2v) is 6.74. The van der Waals surface area contributed by atoms with Crippen LogP contribution in [0, 0.1) is 6.92 Å². The van der Waals surface area contributed by atoms with E-state index in [4.69, 9.17) is 23.2 Å². The smallest absolute Gasteiger partial charge is 0.228 e. The molecule has 0 saturated heterocycles. The summed E-state index contributed by atoms with van der Waals surface area (Å²) in [6.45, 7) is 1.97. The van der Waals surface area contributed by atoms with Crippen LogP contribution < -0.4 is 10.6 Å². The lowest BCUT2D eigenvalue weighted by Gasteiger charge is -2.10. The molecule has 26 heavy (non-hydrogen) atoms. The first-order valence-electron chi connectivity index (χ1n) is 8.03. The van der Waals surface area contributed by atoms with E-state index in [0.717, 1.165) is 16.8 Å². The number of hydrogen-bond donors (Lipinski definition) is 2. The molecule has 1 aromatic heterocycles. The number of halogens is 2. The summed E-state index contributed by atoms with van der Waals surface area (Å²) in [6.07, 6.45) is 1.90. The molecule has 0 fully saturated rings. The zero-order valence-electron chi connectivity index (χ0n) is 14.1. The van der Waals surface area contributed by atoms with Crippen molar-refractivity contribution >= 4 is 46.3 Å². The molecule has 0 atom stereocenters. The van der Waals surface area contributed by atoms with Crippen molar-refractivity contribution < 1.29 is 4.79 Å². The molecule has 0 aliphatic heterocycles. The first-order valence-corrected chi connectivity index (χ1v) is 8.79. The van der Waals surface area contributed by atoms with Gasteiger partial charge < -0.3 is 10.6 Å². The first kappa shape index (κ1) is 18.2. The van der Waals surface area contributed by atoms with Crippen LogP contribution in [0.15, 0.2) is 60.8 Å². The molecule has 4 nitrogen and oxygen atoms in total. The Morgan fingerprint density at radius 1 is 1.00 bits per heavy atom. The van der Waals surface area contributed by atoms with Crippen molar-refractivity contribution in [1.82, 2.24) is 4.98 Å². The van der Waals surface area contributed by atoms with Crippen molar-refractivity contribution in [2.24, 2.45) is 0 Å². The fraction of sp³-hybridized carbons (Fsp3) is 0.100. The fourth-order valence-electron chi connectivity index (χ4n) is 2.44. The third-order valence-corrected chi connectivity index (χ3v) is 4.26. The highest BCUT2D eigenvalue weighted by molar-refractivity contribution is 6.31. The maximum absolute atomic E-state index is 12.1. The molecule has 0 unspecified atom stereocenters. The van der Waals surface area contributed by atoms with Gasteiger partial charge in [-0.15, -0.1) is 0 Å². The van der Waals surface area contributed by atoms with Gasteiger partial charge in [-0.05, 0) is 60.5 Å². The van der Waals surface area contributed by atoms with Gasteiger partial charge in [-0.25, -0.2) is 4.98 Å². The molecular formula is C20H17Cl2N3O. The Labute approximate surface area is 162 Å². The standard InChI is InChI=1S/C20H17Cl2N3O/c1-13-10-16(22)6-8-18(13)25-19-9-7-17(12-23-19)24-20(26)11-14-2-4-15(21)5-3-14/h2-10,12H,11H2,1H3,(H,23,25)(H,24,26). The van der Waals surface area contributed by atoms with Crippen LogP contribution in [0.3, 0.4) is 0 Å². The number of aryl methyl sites for hydroxylation is 1. The van der Waals surface area contributed by atoms with Gasteiger partial charge in [0.1, 0.15) is 5.82 Å². The maximum atomic E-state index is 12.1.